The van der Waals surface area contributed by atoms with Gasteiger partial charge in [-0.1, -0.05) is 0 Å². The van der Waals surface area contributed by atoms with Crippen LogP contribution in [0.1, 0.15) is 69.4 Å². The van der Waals surface area contributed by atoms with Gasteiger partial charge in [-0.05, 0) is 51.1 Å². The minimum absolute atomic E-state index is 0.143. The fraction of sp³-hybridized carbons (Fsp3) is 0.609. The number of ether oxygens (including phenoxy) is 1. The number of carbonyl (C=O) groups is 2. The van der Waals surface area contributed by atoms with Crippen LogP contribution in [0, 0.1) is 5.95 Å². The maximum Gasteiger partial charge on any atom is 0.408 e. The topological polar surface area (TPSA) is 147 Å². The van der Waals surface area contributed by atoms with Crippen molar-refractivity contribution in [3.05, 3.63) is 35.9 Å². The number of rotatable bonds is 12. The van der Waals surface area contributed by atoms with E-state index in [1.807, 2.05) is 0 Å². The molecule has 0 aliphatic heterocycles. The monoisotopic (exact) mass is 608 g/mol. The van der Waals surface area contributed by atoms with Crippen molar-refractivity contribution in [2.24, 2.45) is 0 Å². The molecule has 0 spiro atoms. The van der Waals surface area contributed by atoms with E-state index >= 15 is 0 Å². The highest BCUT2D eigenvalue weighted by atomic mass is 19.4. The molecule has 19 heteroatoms. The Bertz CT molecular complexity index is 1360. The van der Waals surface area contributed by atoms with Crippen molar-refractivity contribution < 1.29 is 40.7 Å². The van der Waals surface area contributed by atoms with E-state index in [0.717, 1.165) is 6.20 Å². The number of carbonyl (C=O) groups excluding carboxylic acids is 2. The van der Waals surface area contributed by atoms with E-state index in [1.165, 1.54) is 16.9 Å². The molecule has 3 rings (SSSR count). The van der Waals surface area contributed by atoms with Crippen molar-refractivity contribution in [2.45, 2.75) is 83.9 Å². The number of amides is 2. The maximum absolute atomic E-state index is 14.8. The maximum atomic E-state index is 14.8. The lowest BCUT2D eigenvalue weighted by Gasteiger charge is -2.24. The lowest BCUT2D eigenvalue weighted by atomic mass is 10.2. The minimum Gasteiger partial charge on any atom is -0.373 e. The van der Waals surface area contributed by atoms with Crippen LogP contribution in [0.15, 0.2) is 18.5 Å². The smallest absolute Gasteiger partial charge is 0.373 e. The Hall–Kier alpha value is -4.03. The lowest BCUT2D eigenvalue weighted by Crippen LogP contribution is -2.48. The van der Waals surface area contributed by atoms with Gasteiger partial charge < -0.3 is 15.4 Å². The quantitative estimate of drug-likeness (QED) is 0.298. The van der Waals surface area contributed by atoms with E-state index in [4.69, 9.17) is 4.74 Å². The predicted molar refractivity (Wildman–Crippen MR) is 133 cm³/mol. The summed E-state index contributed by atoms with van der Waals surface area (Å²) in [6, 6.07) is -1.84. The van der Waals surface area contributed by atoms with Crippen LogP contribution in [0.4, 0.5) is 32.0 Å². The van der Waals surface area contributed by atoms with E-state index in [-0.39, 0.29) is 23.0 Å². The molecule has 0 aliphatic carbocycles. The second-order valence-corrected chi connectivity index (χ2v) is 10.5. The molecular weight excluding hydrogens is 578 g/mol. The van der Waals surface area contributed by atoms with Crippen LogP contribution in [0.25, 0.3) is 0 Å². The SMILES string of the molecule is CC(C)n1nccc1C(=O)N[C@@H](COC(C)(C)C)C(=O)Nc1cn(C(CC(F)F)c2nnnn2CC(F)(F)F)nc1F. The van der Waals surface area contributed by atoms with E-state index in [2.05, 4.69) is 36.4 Å². The predicted octanol–water partition coefficient (Wildman–Crippen LogP) is 3.15. The first-order chi connectivity index (χ1) is 19.4. The Morgan fingerprint density at radius 2 is 1.83 bits per heavy atom. The summed E-state index contributed by atoms with van der Waals surface area (Å²) >= 11 is 0. The highest BCUT2D eigenvalue weighted by molar-refractivity contribution is 6.00. The summed E-state index contributed by atoms with van der Waals surface area (Å²) in [6.07, 6.45) is -6.75. The Labute approximate surface area is 235 Å². The molecule has 0 fully saturated rings. The summed E-state index contributed by atoms with van der Waals surface area (Å²) in [4.78, 5) is 26.2. The van der Waals surface area contributed by atoms with E-state index in [9.17, 15) is 35.9 Å². The minimum atomic E-state index is -4.78. The Morgan fingerprint density at radius 3 is 2.43 bits per heavy atom. The van der Waals surface area contributed by atoms with Crippen molar-refractivity contribution in [2.75, 3.05) is 11.9 Å². The molecule has 3 heterocycles. The Kier molecular flexibility index (Phi) is 9.95. The van der Waals surface area contributed by atoms with Crippen molar-refractivity contribution in [3.63, 3.8) is 0 Å². The molecule has 0 bridgehead atoms. The average molecular weight is 609 g/mol. The fourth-order valence-corrected chi connectivity index (χ4v) is 3.72. The van der Waals surface area contributed by atoms with Crippen LogP contribution in [0.3, 0.4) is 0 Å². The van der Waals surface area contributed by atoms with E-state index in [1.54, 1.807) is 34.6 Å². The number of nitrogens with one attached hydrogen (secondary N) is 2. The molecule has 0 radical (unpaired) electrons. The van der Waals surface area contributed by atoms with Crippen molar-refractivity contribution in [1.29, 1.82) is 0 Å². The molecular formula is C23H30F6N10O3. The van der Waals surface area contributed by atoms with Crippen LogP contribution in [0.2, 0.25) is 0 Å². The standard InChI is InChI=1S/C23H30F6N10O3/c1-12(2)39-15(6-7-30-39)21(41)32-14(10-42-22(3,4)5)20(40)31-13-9-37(34-18(13)26)16(8-17(24)25)19-33-35-36-38(19)11-23(27,28)29/h6-7,9,12,14,16-17H,8,10-11H2,1-5H3,(H,31,40)(H,32,41)/t14-,16?/m0/s1. The van der Waals surface area contributed by atoms with Gasteiger partial charge in [0.25, 0.3) is 11.9 Å². The van der Waals surface area contributed by atoms with Crippen molar-refractivity contribution in [1.82, 2.24) is 45.1 Å². The van der Waals surface area contributed by atoms with Gasteiger partial charge in [0.05, 0.1) is 18.4 Å². The molecule has 0 saturated heterocycles. The summed E-state index contributed by atoms with van der Waals surface area (Å²) in [5.41, 5.74) is -1.19. The number of halogens is 6. The van der Waals surface area contributed by atoms with Crippen LogP contribution in [-0.2, 0) is 16.1 Å². The number of nitrogens with zero attached hydrogens (tertiary/aromatic N) is 8. The highest BCUT2D eigenvalue weighted by Gasteiger charge is 2.34. The summed E-state index contributed by atoms with van der Waals surface area (Å²) < 4.78 is 88.4. The number of aromatic nitrogens is 8. The number of hydrogen-bond acceptors (Lipinski definition) is 8. The largest absolute Gasteiger partial charge is 0.408 e. The van der Waals surface area contributed by atoms with E-state index in [0.29, 0.717) is 4.68 Å². The molecule has 3 aromatic rings. The molecule has 0 saturated carbocycles. The molecule has 2 atom stereocenters. The second-order valence-electron chi connectivity index (χ2n) is 10.5. The zero-order chi connectivity index (χ0) is 31.4. The van der Waals surface area contributed by atoms with Gasteiger partial charge >= 0.3 is 6.18 Å². The van der Waals surface area contributed by atoms with Crippen LogP contribution < -0.4 is 10.6 Å². The van der Waals surface area contributed by atoms with Gasteiger partial charge in [-0.15, -0.1) is 10.2 Å². The van der Waals surface area contributed by atoms with Gasteiger partial charge in [-0.3, -0.25) is 19.0 Å². The molecule has 0 aliphatic rings. The average Bonchev–Trinajstić information content (AvgIpc) is 3.59. The molecule has 232 valence electrons. The summed E-state index contributed by atoms with van der Waals surface area (Å²) in [7, 11) is 0. The number of alkyl halides is 5. The third-order valence-corrected chi connectivity index (χ3v) is 5.55. The van der Waals surface area contributed by atoms with Gasteiger partial charge in [0.1, 0.15) is 30.0 Å². The lowest BCUT2D eigenvalue weighted by molar-refractivity contribution is -0.143. The number of tetrazole rings is 1. The molecule has 0 aromatic carbocycles. The molecule has 13 nitrogen and oxygen atoms in total. The van der Waals surface area contributed by atoms with Crippen molar-refractivity contribution in [3.8, 4) is 0 Å². The summed E-state index contributed by atoms with van der Waals surface area (Å²) in [5.74, 6) is -3.62. The molecule has 42 heavy (non-hydrogen) atoms. The second kappa shape index (κ2) is 12.9. The van der Waals surface area contributed by atoms with Crippen LogP contribution >= 0.6 is 0 Å². The van der Waals surface area contributed by atoms with Gasteiger partial charge in [-0.25, -0.2) is 13.5 Å². The zero-order valence-electron chi connectivity index (χ0n) is 23.2. The molecule has 2 amide bonds. The van der Waals surface area contributed by atoms with E-state index < -0.39 is 72.5 Å². The number of hydrogen-bond donors (Lipinski definition) is 2. The first-order valence-electron chi connectivity index (χ1n) is 12.6. The van der Waals surface area contributed by atoms with Gasteiger partial charge in [0.2, 0.25) is 12.3 Å². The summed E-state index contributed by atoms with van der Waals surface area (Å²) in [5, 5.41) is 22.0. The molecule has 1 unspecified atom stereocenters. The Balaban J connectivity index is 1.87. The fourth-order valence-electron chi connectivity index (χ4n) is 3.72. The first kappa shape index (κ1) is 32.5. The van der Waals surface area contributed by atoms with Gasteiger partial charge in [-0.2, -0.15) is 22.7 Å². The number of anilines is 1. The molecule has 2 N–H and O–H groups in total. The zero-order valence-corrected chi connectivity index (χ0v) is 23.2. The van der Waals surface area contributed by atoms with Crippen LogP contribution in [-0.4, -0.2) is 82.4 Å². The van der Waals surface area contributed by atoms with Gasteiger partial charge in [0.15, 0.2) is 5.82 Å². The third kappa shape index (κ3) is 8.73. The normalized spacial score (nSPS) is 13.9. The highest BCUT2D eigenvalue weighted by Crippen LogP contribution is 2.27. The van der Waals surface area contributed by atoms with Gasteiger partial charge in [0, 0.05) is 18.7 Å². The van der Waals surface area contributed by atoms with Crippen molar-refractivity contribution >= 4 is 17.5 Å². The first-order valence-corrected chi connectivity index (χ1v) is 12.6. The molecule has 3 aromatic heterocycles. The Morgan fingerprint density at radius 1 is 1.14 bits per heavy atom. The van der Waals surface area contributed by atoms with Crippen LogP contribution in [0.5, 0.6) is 0 Å². The summed E-state index contributed by atoms with van der Waals surface area (Å²) in [6.45, 7) is 6.67. The third-order valence-electron chi connectivity index (χ3n) is 5.55.